The van der Waals surface area contributed by atoms with Gasteiger partial charge in [-0.1, -0.05) is 60.7 Å². The number of benzene rings is 2. The zero-order valence-corrected chi connectivity index (χ0v) is 13.7. The van der Waals surface area contributed by atoms with E-state index in [2.05, 4.69) is 5.32 Å². The molecule has 0 fully saturated rings. The predicted molar refractivity (Wildman–Crippen MR) is 90.5 cm³/mol. The number of hydrogen-bond acceptors (Lipinski definition) is 4. The molecule has 0 aliphatic rings. The van der Waals surface area contributed by atoms with Crippen molar-refractivity contribution in [2.45, 2.75) is 19.3 Å². The Bertz CT molecular complexity index is 649. The number of carbonyl (C=O) groups is 2. The number of amides is 1. The maximum absolute atomic E-state index is 11.8. The summed E-state index contributed by atoms with van der Waals surface area (Å²) < 4.78 is 10.5. The topological polar surface area (TPSA) is 64.6 Å². The summed E-state index contributed by atoms with van der Waals surface area (Å²) in [6.45, 7) is 0.403. The summed E-state index contributed by atoms with van der Waals surface area (Å²) in [6, 6.07) is 17.8. The number of ether oxygens (including phenoxy) is 2. The van der Waals surface area contributed by atoms with Gasteiger partial charge < -0.3 is 14.8 Å². The van der Waals surface area contributed by atoms with Crippen molar-refractivity contribution < 1.29 is 19.1 Å². The number of halogens is 1. The van der Waals surface area contributed by atoms with Crippen LogP contribution in [0.3, 0.4) is 0 Å². The van der Waals surface area contributed by atoms with Crippen LogP contribution in [-0.2, 0) is 27.5 Å². The highest BCUT2D eigenvalue weighted by Crippen LogP contribution is 2.04. The third-order valence-corrected chi connectivity index (χ3v) is 3.44. The molecule has 0 radical (unpaired) electrons. The van der Waals surface area contributed by atoms with Crippen molar-refractivity contribution in [3.05, 3.63) is 71.8 Å². The molecule has 0 saturated heterocycles. The molecular weight excluding hydrogens is 330 g/mol. The Morgan fingerprint density at radius 3 is 2.00 bits per heavy atom. The van der Waals surface area contributed by atoms with Crippen LogP contribution in [0.15, 0.2) is 60.7 Å². The van der Waals surface area contributed by atoms with Crippen molar-refractivity contribution in [1.29, 1.82) is 0 Å². The van der Waals surface area contributed by atoms with Crippen LogP contribution in [0.25, 0.3) is 0 Å². The molecule has 0 aromatic heterocycles. The maximum Gasteiger partial charge on any atom is 0.408 e. The van der Waals surface area contributed by atoms with E-state index in [-0.39, 0.29) is 13.2 Å². The van der Waals surface area contributed by atoms with Crippen LogP contribution in [0, 0.1) is 0 Å². The van der Waals surface area contributed by atoms with Gasteiger partial charge in [0.1, 0.15) is 12.6 Å². The van der Waals surface area contributed by atoms with Gasteiger partial charge >= 0.3 is 6.09 Å². The maximum atomic E-state index is 11.8. The van der Waals surface area contributed by atoms with E-state index >= 15 is 0 Å². The van der Waals surface area contributed by atoms with Crippen LogP contribution in [0.1, 0.15) is 11.1 Å². The van der Waals surface area contributed by atoms with E-state index in [1.165, 1.54) is 0 Å². The van der Waals surface area contributed by atoms with Crippen LogP contribution < -0.4 is 5.32 Å². The minimum atomic E-state index is -0.960. The van der Waals surface area contributed by atoms with Gasteiger partial charge in [0.2, 0.25) is 5.24 Å². The van der Waals surface area contributed by atoms with E-state index < -0.39 is 17.4 Å². The van der Waals surface area contributed by atoms with Gasteiger partial charge in [-0.3, -0.25) is 4.79 Å². The lowest BCUT2D eigenvalue weighted by Gasteiger charge is -2.15. The van der Waals surface area contributed by atoms with Crippen LogP contribution in [0.5, 0.6) is 0 Å². The Balaban J connectivity index is 1.75. The van der Waals surface area contributed by atoms with E-state index in [9.17, 15) is 9.59 Å². The number of carbonyl (C=O) groups excluding carboxylic acids is 2. The van der Waals surface area contributed by atoms with Crippen molar-refractivity contribution in [1.82, 2.24) is 5.32 Å². The molecule has 24 heavy (non-hydrogen) atoms. The Hall–Kier alpha value is -2.37. The molecule has 6 heteroatoms. The standard InChI is InChI=1S/C18H18ClNO4/c19-17(21)16(13-23-11-14-7-3-1-4-8-14)20-18(22)24-12-15-9-5-2-6-10-15/h1-10,16H,11-13H2,(H,20,22)/t16-/m1/s1. The summed E-state index contributed by atoms with van der Waals surface area (Å²) in [7, 11) is 0. The molecule has 126 valence electrons. The molecule has 0 heterocycles. The first-order valence-electron chi connectivity index (χ1n) is 7.43. The first-order chi connectivity index (χ1) is 11.6. The Morgan fingerprint density at radius 1 is 0.917 bits per heavy atom. The second kappa shape index (κ2) is 9.70. The molecule has 0 aliphatic carbocycles. The smallest absolute Gasteiger partial charge is 0.408 e. The van der Waals surface area contributed by atoms with Gasteiger partial charge in [0.25, 0.3) is 0 Å². The van der Waals surface area contributed by atoms with Crippen LogP contribution in [0.4, 0.5) is 4.79 Å². The quantitative estimate of drug-likeness (QED) is 0.744. The highest BCUT2D eigenvalue weighted by Gasteiger charge is 2.20. The van der Waals surface area contributed by atoms with Gasteiger partial charge in [-0.2, -0.15) is 0 Å². The number of hydrogen-bond donors (Lipinski definition) is 1. The van der Waals surface area contributed by atoms with E-state index in [4.69, 9.17) is 21.1 Å². The lowest BCUT2D eigenvalue weighted by molar-refractivity contribution is -0.115. The lowest BCUT2D eigenvalue weighted by Crippen LogP contribution is -2.42. The second-order valence-electron chi connectivity index (χ2n) is 5.06. The molecule has 0 spiro atoms. The van der Waals surface area contributed by atoms with E-state index in [0.717, 1.165) is 11.1 Å². The van der Waals surface area contributed by atoms with Crippen molar-refractivity contribution in [2.75, 3.05) is 6.61 Å². The fraction of sp³-hybridized carbons (Fsp3) is 0.222. The molecule has 0 aliphatic heterocycles. The second-order valence-corrected chi connectivity index (χ2v) is 5.44. The van der Waals surface area contributed by atoms with Crippen molar-refractivity contribution >= 4 is 22.9 Å². The first-order valence-corrected chi connectivity index (χ1v) is 7.81. The zero-order valence-electron chi connectivity index (χ0n) is 13.0. The molecule has 1 atom stereocenters. The molecule has 0 unspecified atom stereocenters. The molecule has 2 rings (SSSR count). The van der Waals surface area contributed by atoms with Crippen LogP contribution in [-0.4, -0.2) is 24.0 Å². The average molecular weight is 348 g/mol. The third-order valence-electron chi connectivity index (χ3n) is 3.17. The first kappa shape index (κ1) is 18.0. The molecule has 2 aromatic rings. The molecule has 0 saturated carbocycles. The zero-order chi connectivity index (χ0) is 17.2. The van der Waals surface area contributed by atoms with Crippen LogP contribution in [0.2, 0.25) is 0 Å². The van der Waals surface area contributed by atoms with Gasteiger partial charge in [0.15, 0.2) is 0 Å². The van der Waals surface area contributed by atoms with Crippen molar-refractivity contribution in [2.24, 2.45) is 0 Å². The summed E-state index contributed by atoms with van der Waals surface area (Å²) >= 11 is 5.50. The van der Waals surface area contributed by atoms with Gasteiger partial charge in [-0.05, 0) is 22.7 Å². The van der Waals surface area contributed by atoms with E-state index in [1.54, 1.807) is 0 Å². The normalized spacial score (nSPS) is 11.5. The molecule has 5 nitrogen and oxygen atoms in total. The van der Waals surface area contributed by atoms with Gasteiger partial charge in [-0.15, -0.1) is 0 Å². The van der Waals surface area contributed by atoms with Crippen molar-refractivity contribution in [3.8, 4) is 0 Å². The summed E-state index contributed by atoms with van der Waals surface area (Å²) in [5.41, 5.74) is 1.81. The molecule has 0 bridgehead atoms. The molecule has 1 N–H and O–H groups in total. The Labute approximate surface area is 145 Å². The molecule has 1 amide bonds. The third kappa shape index (κ3) is 6.40. The largest absolute Gasteiger partial charge is 0.445 e. The minimum Gasteiger partial charge on any atom is -0.445 e. The van der Waals surface area contributed by atoms with Gasteiger partial charge in [0.05, 0.1) is 13.2 Å². The van der Waals surface area contributed by atoms with Gasteiger partial charge in [-0.25, -0.2) is 4.79 Å². The highest BCUT2D eigenvalue weighted by atomic mass is 35.5. The lowest BCUT2D eigenvalue weighted by atomic mass is 10.2. The van der Waals surface area contributed by atoms with E-state index in [0.29, 0.717) is 6.61 Å². The fourth-order valence-corrected chi connectivity index (χ4v) is 2.06. The molecule has 2 aromatic carbocycles. The minimum absolute atomic E-state index is 0.0301. The number of rotatable bonds is 8. The summed E-state index contributed by atoms with van der Waals surface area (Å²) in [5, 5.41) is 1.70. The SMILES string of the molecule is O=C(N[C@H](COCc1ccccc1)C(=O)Cl)OCc1ccccc1. The molecular formula is C18H18ClNO4. The predicted octanol–water partition coefficient (Wildman–Crippen LogP) is 3.26. The Kier molecular flexibility index (Phi) is 7.26. The summed E-state index contributed by atoms with van der Waals surface area (Å²) in [4.78, 5) is 23.2. The van der Waals surface area contributed by atoms with Crippen molar-refractivity contribution in [3.63, 3.8) is 0 Å². The Morgan fingerprint density at radius 2 is 1.46 bits per heavy atom. The number of alkyl carbamates (subject to hydrolysis) is 1. The summed E-state index contributed by atoms with van der Waals surface area (Å²) in [5.74, 6) is 0. The fourth-order valence-electron chi connectivity index (χ4n) is 1.94. The summed E-state index contributed by atoms with van der Waals surface area (Å²) in [6.07, 6.45) is -0.721. The van der Waals surface area contributed by atoms with Crippen LogP contribution >= 0.6 is 11.6 Å². The average Bonchev–Trinajstić information content (AvgIpc) is 2.61. The number of nitrogens with one attached hydrogen (secondary N) is 1. The highest BCUT2D eigenvalue weighted by molar-refractivity contribution is 6.64. The van der Waals surface area contributed by atoms with E-state index in [1.807, 2.05) is 60.7 Å². The van der Waals surface area contributed by atoms with Gasteiger partial charge in [0, 0.05) is 0 Å². The monoisotopic (exact) mass is 347 g/mol.